The molecule has 0 saturated heterocycles. The number of benzene rings is 5. The van der Waals surface area contributed by atoms with E-state index in [-0.39, 0.29) is 17.8 Å². The minimum Gasteiger partial charge on any atom is -0.309 e. The average Bonchev–Trinajstić information content (AvgIpc) is 3.57. The number of allylic oxidation sites excluding steroid dienone is 9. The van der Waals surface area contributed by atoms with Gasteiger partial charge in [-0.05, 0) is 113 Å². The van der Waals surface area contributed by atoms with Gasteiger partial charge in [-0.25, -0.2) is 0 Å². The van der Waals surface area contributed by atoms with Crippen LogP contribution in [0.1, 0.15) is 72.6 Å². The first-order valence-electron chi connectivity index (χ1n) is 19.4. The molecule has 5 aliphatic rings. The summed E-state index contributed by atoms with van der Waals surface area (Å²) in [7, 11) is 0. The SMILES string of the molecule is C1=CC2Sc3ccccc3C(C3C4=C(CCC=C4)Sc4ccc(C5=CCCCC5)cc43)C2C(c2cccc3c4ccccc4n(-c4ccccc4)c23)=C1. The summed E-state index contributed by atoms with van der Waals surface area (Å²) in [5, 5.41) is 2.96. The van der Waals surface area contributed by atoms with Crippen LogP contribution in [0.4, 0.5) is 0 Å². The van der Waals surface area contributed by atoms with E-state index in [4.69, 9.17) is 0 Å². The first kappa shape index (κ1) is 31.8. The molecule has 0 radical (unpaired) electrons. The average molecular weight is 720 g/mol. The Labute approximate surface area is 320 Å². The molecule has 258 valence electrons. The van der Waals surface area contributed by atoms with E-state index in [2.05, 4.69) is 168 Å². The monoisotopic (exact) mass is 719 g/mol. The van der Waals surface area contributed by atoms with E-state index in [0.29, 0.717) is 5.25 Å². The van der Waals surface area contributed by atoms with Gasteiger partial charge in [0, 0.05) is 54.8 Å². The highest BCUT2D eigenvalue weighted by molar-refractivity contribution is 8.03. The fourth-order valence-corrected chi connectivity index (χ4v) is 12.7. The Kier molecular flexibility index (Phi) is 7.80. The van der Waals surface area contributed by atoms with Crippen molar-refractivity contribution in [3.63, 3.8) is 0 Å². The van der Waals surface area contributed by atoms with E-state index < -0.39 is 0 Å². The van der Waals surface area contributed by atoms with Crippen molar-refractivity contribution < 1.29 is 0 Å². The van der Waals surface area contributed by atoms with Crippen LogP contribution in [-0.2, 0) is 0 Å². The second kappa shape index (κ2) is 13.0. The molecule has 2 aliphatic heterocycles. The molecule has 11 rings (SSSR count). The summed E-state index contributed by atoms with van der Waals surface area (Å²) in [6, 6.07) is 43.9. The van der Waals surface area contributed by atoms with E-state index in [1.165, 1.54) is 90.8 Å². The lowest BCUT2D eigenvalue weighted by atomic mass is 9.64. The predicted molar refractivity (Wildman–Crippen MR) is 227 cm³/mol. The lowest BCUT2D eigenvalue weighted by Crippen LogP contribution is -2.35. The molecule has 0 fully saturated rings. The van der Waals surface area contributed by atoms with Crippen molar-refractivity contribution in [3.8, 4) is 5.69 Å². The molecule has 0 amide bonds. The van der Waals surface area contributed by atoms with Crippen molar-refractivity contribution in [2.75, 3.05) is 0 Å². The van der Waals surface area contributed by atoms with Gasteiger partial charge >= 0.3 is 0 Å². The van der Waals surface area contributed by atoms with Crippen molar-refractivity contribution in [1.82, 2.24) is 4.57 Å². The van der Waals surface area contributed by atoms with Gasteiger partial charge in [0.05, 0.1) is 11.0 Å². The van der Waals surface area contributed by atoms with E-state index >= 15 is 0 Å². The molecular formula is C50H41NS2. The molecule has 0 bridgehead atoms. The Morgan fingerprint density at radius 2 is 1.55 bits per heavy atom. The van der Waals surface area contributed by atoms with Crippen LogP contribution in [0.25, 0.3) is 38.6 Å². The van der Waals surface area contributed by atoms with Crippen LogP contribution < -0.4 is 0 Å². The third-order valence-electron chi connectivity index (χ3n) is 12.3. The minimum absolute atomic E-state index is 0.269. The molecule has 3 aliphatic carbocycles. The Morgan fingerprint density at radius 3 is 2.47 bits per heavy atom. The molecule has 53 heavy (non-hydrogen) atoms. The zero-order valence-electron chi connectivity index (χ0n) is 29.7. The van der Waals surface area contributed by atoms with Crippen LogP contribution in [0.15, 0.2) is 172 Å². The topological polar surface area (TPSA) is 4.93 Å². The van der Waals surface area contributed by atoms with E-state index in [0.717, 1.165) is 12.8 Å². The smallest absolute Gasteiger partial charge is 0.0616 e. The maximum Gasteiger partial charge on any atom is 0.0616 e. The normalized spacial score (nSPS) is 23.2. The van der Waals surface area contributed by atoms with Crippen LogP contribution >= 0.6 is 23.5 Å². The standard InChI is InChI=1S/C50H41NS2/c1-3-15-32(16-4-1)33-29-30-45-41(31-33)47(39-20-8-11-26-43(39)52-45)49-40-21-9-12-27-44(40)53-46-28-14-22-36(48(46)49)38-24-13-23-37-35-19-7-10-25-42(35)51(50(37)38)34-17-5-2-6-18-34/h2,5-10,12-15,17-25,27-31,46-49H,1,3-4,11,16,26H2. The summed E-state index contributed by atoms with van der Waals surface area (Å²) < 4.78 is 2.52. The number of para-hydroxylation sites is 3. The van der Waals surface area contributed by atoms with Crippen LogP contribution in [-0.4, -0.2) is 9.82 Å². The summed E-state index contributed by atoms with van der Waals surface area (Å²) in [6.07, 6.45) is 22.1. The highest BCUT2D eigenvalue weighted by atomic mass is 32.2. The summed E-state index contributed by atoms with van der Waals surface area (Å²) >= 11 is 4.12. The Morgan fingerprint density at radius 1 is 0.679 bits per heavy atom. The number of hydrogen-bond acceptors (Lipinski definition) is 2. The second-order valence-electron chi connectivity index (χ2n) is 15.2. The highest BCUT2D eigenvalue weighted by Gasteiger charge is 2.47. The predicted octanol–water partition coefficient (Wildman–Crippen LogP) is 14.1. The maximum atomic E-state index is 2.62. The molecule has 3 heterocycles. The quantitative estimate of drug-likeness (QED) is 0.179. The number of thioether (sulfide) groups is 2. The Balaban J connectivity index is 1.16. The molecule has 6 aromatic rings. The van der Waals surface area contributed by atoms with Gasteiger partial charge in [-0.3, -0.25) is 0 Å². The Hall–Kier alpha value is -4.70. The number of fused-ring (bicyclic) bond motifs is 6. The molecule has 3 heteroatoms. The summed E-state index contributed by atoms with van der Waals surface area (Å²) in [5.41, 5.74) is 14.2. The van der Waals surface area contributed by atoms with Gasteiger partial charge in [0.15, 0.2) is 0 Å². The summed E-state index contributed by atoms with van der Waals surface area (Å²) in [5.74, 6) is 0.835. The Bertz CT molecular complexity index is 2600. The van der Waals surface area contributed by atoms with Gasteiger partial charge in [0.2, 0.25) is 0 Å². The number of nitrogens with zero attached hydrogens (tertiary/aromatic N) is 1. The van der Waals surface area contributed by atoms with Gasteiger partial charge < -0.3 is 4.57 Å². The number of rotatable bonds is 4. The van der Waals surface area contributed by atoms with Crippen molar-refractivity contribution in [1.29, 1.82) is 0 Å². The second-order valence-corrected chi connectivity index (χ2v) is 17.6. The third-order valence-corrected chi connectivity index (χ3v) is 15.0. The molecule has 1 nitrogen and oxygen atoms in total. The maximum absolute atomic E-state index is 2.62. The number of aromatic nitrogens is 1. The lowest BCUT2D eigenvalue weighted by Gasteiger charge is -2.47. The van der Waals surface area contributed by atoms with Gasteiger partial charge in [-0.2, -0.15) is 0 Å². The lowest BCUT2D eigenvalue weighted by molar-refractivity contribution is 0.460. The molecule has 5 aromatic carbocycles. The summed E-state index contributed by atoms with van der Waals surface area (Å²) in [4.78, 5) is 4.47. The van der Waals surface area contributed by atoms with Gasteiger partial charge in [-0.1, -0.05) is 127 Å². The van der Waals surface area contributed by atoms with Crippen LogP contribution in [0.3, 0.4) is 0 Å². The van der Waals surface area contributed by atoms with Gasteiger partial charge in [0.25, 0.3) is 0 Å². The van der Waals surface area contributed by atoms with Gasteiger partial charge in [0.1, 0.15) is 0 Å². The minimum atomic E-state index is 0.269. The zero-order valence-corrected chi connectivity index (χ0v) is 31.4. The first-order valence-corrected chi connectivity index (χ1v) is 21.1. The third kappa shape index (κ3) is 5.15. The molecule has 0 saturated carbocycles. The molecule has 1 aromatic heterocycles. The number of hydrogen-bond donors (Lipinski definition) is 0. The summed E-state index contributed by atoms with van der Waals surface area (Å²) in [6.45, 7) is 0. The first-order chi connectivity index (χ1) is 26.3. The van der Waals surface area contributed by atoms with Crippen LogP contribution in [0.2, 0.25) is 0 Å². The van der Waals surface area contributed by atoms with Gasteiger partial charge in [-0.15, -0.1) is 11.8 Å². The van der Waals surface area contributed by atoms with E-state index in [1.54, 1.807) is 16.1 Å². The van der Waals surface area contributed by atoms with E-state index in [1.807, 2.05) is 11.8 Å². The molecule has 4 atom stereocenters. The highest BCUT2D eigenvalue weighted by Crippen LogP contribution is 2.62. The molecule has 0 N–H and O–H groups in total. The molecule has 0 spiro atoms. The zero-order chi connectivity index (χ0) is 34.9. The molecule has 4 unspecified atom stereocenters. The van der Waals surface area contributed by atoms with Crippen molar-refractivity contribution in [2.24, 2.45) is 5.92 Å². The fourth-order valence-electron chi connectivity index (χ4n) is 10.1. The van der Waals surface area contributed by atoms with Crippen molar-refractivity contribution in [3.05, 3.63) is 184 Å². The largest absolute Gasteiger partial charge is 0.309 e. The van der Waals surface area contributed by atoms with Crippen molar-refractivity contribution >= 4 is 56.5 Å². The molecular weight excluding hydrogens is 679 g/mol. The fraction of sp³-hybridized carbons (Fsp3) is 0.200. The van der Waals surface area contributed by atoms with Crippen molar-refractivity contribution in [2.45, 2.75) is 65.4 Å². The van der Waals surface area contributed by atoms with Crippen LogP contribution in [0.5, 0.6) is 0 Å². The van der Waals surface area contributed by atoms with Crippen LogP contribution in [0, 0.1) is 5.92 Å². The van der Waals surface area contributed by atoms with E-state index in [9.17, 15) is 0 Å².